The quantitative estimate of drug-likeness (QED) is 0.718. The van der Waals surface area contributed by atoms with Gasteiger partial charge in [0.1, 0.15) is 0 Å². The second-order valence-corrected chi connectivity index (χ2v) is 9.08. The van der Waals surface area contributed by atoms with Crippen molar-refractivity contribution >= 4 is 17.3 Å². The number of allylic oxidation sites excluding steroid dienone is 2. The Morgan fingerprint density at radius 3 is 2.53 bits per heavy atom. The number of piperidine rings is 1. The lowest BCUT2D eigenvalue weighted by Crippen LogP contribution is -2.37. The van der Waals surface area contributed by atoms with Gasteiger partial charge in [-0.2, -0.15) is 0 Å². The number of fused-ring (bicyclic) bond motifs is 3. The van der Waals surface area contributed by atoms with Crippen molar-refractivity contribution in [3.05, 3.63) is 71.3 Å². The van der Waals surface area contributed by atoms with E-state index >= 15 is 0 Å². The number of benzene rings is 2. The predicted molar refractivity (Wildman–Crippen MR) is 123 cm³/mol. The minimum Gasteiger partial charge on any atom is -0.378 e. The molecule has 0 bridgehead atoms. The average molecular weight is 402 g/mol. The number of carbonyl (C=O) groups is 1. The van der Waals surface area contributed by atoms with Crippen LogP contribution < -0.4 is 10.2 Å². The first-order chi connectivity index (χ1) is 14.6. The lowest BCUT2D eigenvalue weighted by Gasteiger charge is -2.39. The Balaban J connectivity index is 1.52. The second kappa shape index (κ2) is 7.82. The van der Waals surface area contributed by atoms with Crippen LogP contribution in [0.1, 0.15) is 59.1 Å². The molecule has 30 heavy (non-hydrogen) atoms. The largest absolute Gasteiger partial charge is 0.378 e. The van der Waals surface area contributed by atoms with Gasteiger partial charge in [-0.3, -0.25) is 4.79 Å². The first kappa shape index (κ1) is 19.2. The molecule has 3 unspecified atom stereocenters. The molecule has 2 aromatic rings. The maximum absolute atomic E-state index is 13.4. The van der Waals surface area contributed by atoms with Gasteiger partial charge in [-0.25, -0.2) is 0 Å². The summed E-state index contributed by atoms with van der Waals surface area (Å²) >= 11 is 0. The standard InChI is InChI=1S/C26H31N3O/c1-28(2)19-14-12-18(13-15-19)24-21-9-6-8-20(21)22-10-7-11-23(25(22)27-24)26(30)29-16-4-3-5-17-29/h6-8,10-15,20-21,24,27H,3-5,9,16-17H2,1-2H3. The van der Waals surface area contributed by atoms with Crippen LogP contribution in [-0.2, 0) is 0 Å². The fourth-order valence-electron chi connectivity index (χ4n) is 5.38. The molecule has 3 aliphatic rings. The molecular weight excluding hydrogens is 370 g/mol. The summed E-state index contributed by atoms with van der Waals surface area (Å²) in [5.41, 5.74) is 5.66. The van der Waals surface area contributed by atoms with Crippen LogP contribution in [0.2, 0.25) is 0 Å². The van der Waals surface area contributed by atoms with Crippen LogP contribution in [0.15, 0.2) is 54.6 Å². The Kier molecular flexibility index (Phi) is 5.01. The van der Waals surface area contributed by atoms with Crippen molar-refractivity contribution in [1.82, 2.24) is 4.90 Å². The SMILES string of the molecule is CN(C)c1ccc(C2Nc3c(C(=O)N4CCCCC4)cccc3C3C=CCC32)cc1. The summed E-state index contributed by atoms with van der Waals surface area (Å²) in [6.45, 7) is 1.76. The molecule has 156 valence electrons. The summed E-state index contributed by atoms with van der Waals surface area (Å²) < 4.78 is 0. The normalized spacial score (nSPS) is 24.7. The van der Waals surface area contributed by atoms with Gasteiger partial charge in [-0.05, 0) is 60.9 Å². The lowest BCUT2D eigenvalue weighted by molar-refractivity contribution is 0.0725. The number of anilines is 2. The van der Waals surface area contributed by atoms with Crippen LogP contribution >= 0.6 is 0 Å². The van der Waals surface area contributed by atoms with E-state index in [0.29, 0.717) is 11.8 Å². The molecule has 4 heteroatoms. The van der Waals surface area contributed by atoms with E-state index in [1.807, 2.05) is 11.0 Å². The van der Waals surface area contributed by atoms with Gasteiger partial charge in [0.2, 0.25) is 0 Å². The van der Waals surface area contributed by atoms with Gasteiger partial charge in [0.25, 0.3) is 5.91 Å². The number of amides is 1. The van der Waals surface area contributed by atoms with Crippen LogP contribution in [0.4, 0.5) is 11.4 Å². The van der Waals surface area contributed by atoms with E-state index in [0.717, 1.165) is 43.6 Å². The van der Waals surface area contributed by atoms with Gasteiger partial charge < -0.3 is 15.1 Å². The summed E-state index contributed by atoms with van der Waals surface area (Å²) in [6.07, 6.45) is 9.19. The average Bonchev–Trinajstić information content (AvgIpc) is 3.28. The predicted octanol–water partition coefficient (Wildman–Crippen LogP) is 5.21. The number of hydrogen-bond acceptors (Lipinski definition) is 3. The molecule has 1 aliphatic carbocycles. The smallest absolute Gasteiger partial charge is 0.255 e. The minimum atomic E-state index is 0.182. The Hall–Kier alpha value is -2.75. The zero-order valence-electron chi connectivity index (χ0n) is 18.0. The molecule has 0 spiro atoms. The summed E-state index contributed by atoms with van der Waals surface area (Å²) in [4.78, 5) is 17.6. The van der Waals surface area contributed by atoms with Crippen LogP contribution in [-0.4, -0.2) is 38.0 Å². The first-order valence-electron chi connectivity index (χ1n) is 11.3. The van der Waals surface area contributed by atoms with E-state index in [1.54, 1.807) is 0 Å². The monoisotopic (exact) mass is 401 g/mol. The third-order valence-corrected chi connectivity index (χ3v) is 7.04. The van der Waals surface area contributed by atoms with Gasteiger partial charge in [-0.1, -0.05) is 36.4 Å². The fraction of sp³-hybridized carbons (Fsp3) is 0.423. The molecule has 2 aliphatic heterocycles. The number of para-hydroxylation sites is 1. The van der Waals surface area contributed by atoms with Crippen molar-refractivity contribution < 1.29 is 4.79 Å². The van der Waals surface area contributed by atoms with Crippen molar-refractivity contribution in [1.29, 1.82) is 0 Å². The van der Waals surface area contributed by atoms with Crippen LogP contribution in [0.25, 0.3) is 0 Å². The third-order valence-electron chi connectivity index (χ3n) is 7.04. The first-order valence-corrected chi connectivity index (χ1v) is 11.3. The molecule has 0 saturated carbocycles. The zero-order valence-corrected chi connectivity index (χ0v) is 18.0. The van der Waals surface area contributed by atoms with Crippen LogP contribution in [0.5, 0.6) is 0 Å². The van der Waals surface area contributed by atoms with Gasteiger partial charge in [0, 0.05) is 38.8 Å². The lowest BCUT2D eigenvalue weighted by atomic mass is 9.76. The van der Waals surface area contributed by atoms with E-state index in [-0.39, 0.29) is 11.9 Å². The molecular formula is C26H31N3O. The highest BCUT2D eigenvalue weighted by atomic mass is 16.2. The summed E-state index contributed by atoms with van der Waals surface area (Å²) in [5.74, 6) is 1.04. The fourth-order valence-corrected chi connectivity index (χ4v) is 5.38. The van der Waals surface area contributed by atoms with Gasteiger partial charge >= 0.3 is 0 Å². The molecule has 3 atom stereocenters. The number of hydrogen-bond donors (Lipinski definition) is 1. The third kappa shape index (κ3) is 3.28. The molecule has 1 N–H and O–H groups in total. The second-order valence-electron chi connectivity index (χ2n) is 9.08. The van der Waals surface area contributed by atoms with E-state index < -0.39 is 0 Å². The topological polar surface area (TPSA) is 35.6 Å². The van der Waals surface area contributed by atoms with Crippen molar-refractivity contribution in [2.24, 2.45) is 5.92 Å². The van der Waals surface area contributed by atoms with E-state index in [9.17, 15) is 4.79 Å². The number of carbonyl (C=O) groups excluding carboxylic acids is 1. The summed E-state index contributed by atoms with van der Waals surface area (Å²) in [7, 11) is 4.14. The minimum absolute atomic E-state index is 0.182. The number of nitrogens with zero attached hydrogens (tertiary/aromatic N) is 2. The Morgan fingerprint density at radius 1 is 1.03 bits per heavy atom. The maximum Gasteiger partial charge on any atom is 0.255 e. The maximum atomic E-state index is 13.4. The Bertz CT molecular complexity index is 957. The highest BCUT2D eigenvalue weighted by Gasteiger charge is 2.39. The van der Waals surface area contributed by atoms with Gasteiger partial charge in [0.15, 0.2) is 0 Å². The Morgan fingerprint density at radius 2 is 1.80 bits per heavy atom. The van der Waals surface area contributed by atoms with Gasteiger partial charge in [-0.15, -0.1) is 0 Å². The van der Waals surface area contributed by atoms with Crippen LogP contribution in [0, 0.1) is 5.92 Å². The van der Waals surface area contributed by atoms with Crippen molar-refractivity contribution in [3.63, 3.8) is 0 Å². The molecule has 1 fully saturated rings. The molecule has 0 aromatic heterocycles. The molecule has 2 aromatic carbocycles. The highest BCUT2D eigenvalue weighted by Crippen LogP contribution is 2.50. The molecule has 1 amide bonds. The van der Waals surface area contributed by atoms with Crippen molar-refractivity contribution in [2.75, 3.05) is 37.4 Å². The van der Waals surface area contributed by atoms with Gasteiger partial charge in [0.05, 0.1) is 17.3 Å². The number of nitrogens with one attached hydrogen (secondary N) is 1. The molecule has 4 nitrogen and oxygen atoms in total. The molecule has 5 rings (SSSR count). The molecule has 2 heterocycles. The molecule has 1 saturated heterocycles. The number of likely N-dealkylation sites (tertiary alicyclic amines) is 1. The van der Waals surface area contributed by atoms with E-state index in [4.69, 9.17) is 0 Å². The summed E-state index contributed by atoms with van der Waals surface area (Å²) in [5, 5.41) is 3.82. The molecule has 0 radical (unpaired) electrons. The van der Waals surface area contributed by atoms with Crippen molar-refractivity contribution in [3.8, 4) is 0 Å². The summed E-state index contributed by atoms with van der Waals surface area (Å²) in [6, 6.07) is 15.3. The highest BCUT2D eigenvalue weighted by molar-refractivity contribution is 6.01. The van der Waals surface area contributed by atoms with Crippen molar-refractivity contribution in [2.45, 2.75) is 37.6 Å². The number of rotatable bonds is 3. The van der Waals surface area contributed by atoms with E-state index in [2.05, 4.69) is 72.9 Å². The van der Waals surface area contributed by atoms with Crippen LogP contribution in [0.3, 0.4) is 0 Å². The van der Waals surface area contributed by atoms with E-state index in [1.165, 1.54) is 23.2 Å². The zero-order chi connectivity index (χ0) is 20.7. The Labute approximate surface area is 179 Å².